The fraction of sp³-hybridized carbons (Fsp3) is 0.524. The van der Waals surface area contributed by atoms with Crippen LogP contribution in [-0.2, 0) is 32.0 Å². The van der Waals surface area contributed by atoms with Crippen molar-refractivity contribution in [3.63, 3.8) is 0 Å². The van der Waals surface area contributed by atoms with Gasteiger partial charge in [-0.2, -0.15) is 4.98 Å². The second kappa shape index (κ2) is 10.4. The molecule has 8 atom stereocenters. The van der Waals surface area contributed by atoms with Crippen molar-refractivity contribution in [1.29, 1.82) is 0 Å². The van der Waals surface area contributed by atoms with Gasteiger partial charge in [-0.1, -0.05) is 0 Å². The van der Waals surface area contributed by atoms with Gasteiger partial charge in [-0.3, -0.25) is 32.4 Å². The molecule has 7 N–H and O–H groups in total. The first kappa shape index (κ1) is 28.5. The molecule has 230 valence electrons. The van der Waals surface area contributed by atoms with E-state index in [9.17, 15) is 23.7 Å². The first-order chi connectivity index (χ1) is 20.5. The number of rotatable bonds is 2. The van der Waals surface area contributed by atoms with Crippen LogP contribution in [0.3, 0.4) is 0 Å². The Balaban J connectivity index is 1.13. The smallest absolute Gasteiger partial charge is 0.382 e. The molecule has 0 amide bonds. The highest BCUT2D eigenvalue weighted by Gasteiger charge is 2.47. The predicted molar refractivity (Wildman–Crippen MR) is 144 cm³/mol. The van der Waals surface area contributed by atoms with Crippen LogP contribution in [0.4, 0.5) is 11.8 Å². The van der Waals surface area contributed by atoms with E-state index in [0.29, 0.717) is 11.2 Å². The highest BCUT2D eigenvalue weighted by Crippen LogP contribution is 2.55. The summed E-state index contributed by atoms with van der Waals surface area (Å²) in [5, 5.41) is 0. The molecule has 20 nitrogen and oxygen atoms in total. The average Bonchev–Trinajstić information content (AvgIpc) is 3.71. The summed E-state index contributed by atoms with van der Waals surface area (Å²) in [6.45, 7) is -0.876. The quantitative estimate of drug-likeness (QED) is 0.185. The maximum absolute atomic E-state index is 13.1. The second-order valence-electron chi connectivity index (χ2n) is 10.4. The first-order valence-electron chi connectivity index (χ1n) is 13.1. The lowest BCUT2D eigenvalue weighted by Crippen LogP contribution is -2.30. The largest absolute Gasteiger partial charge is 0.472 e. The number of nitrogens with two attached hydrogens (primary N) is 2. The zero-order valence-electron chi connectivity index (χ0n) is 22.1. The third-order valence-corrected chi connectivity index (χ3v) is 9.74. The van der Waals surface area contributed by atoms with E-state index in [4.69, 9.17) is 34.3 Å². The lowest BCUT2D eigenvalue weighted by atomic mass is 10.1. The molecule has 7 rings (SSSR count). The summed E-state index contributed by atoms with van der Waals surface area (Å²) in [5.41, 5.74) is 12.0. The Kier molecular flexibility index (Phi) is 6.88. The zero-order valence-corrected chi connectivity index (χ0v) is 23.9. The lowest BCUT2D eigenvalue weighted by molar-refractivity contribution is -0.0510. The SMILES string of the molecule is Nc1nc2c(ncn2[C@H]2CC3OP(=O)(O)OC[C@H]4O[C@@H](n5cnc6c(N)ncnc65)CC4OP(=O)(O)OC[C@H]3C2)c(=O)[nH]1. The molecule has 4 aromatic heterocycles. The van der Waals surface area contributed by atoms with E-state index in [1.54, 1.807) is 9.13 Å². The number of aromatic amines is 1. The van der Waals surface area contributed by atoms with Crippen molar-refractivity contribution in [2.45, 2.75) is 49.8 Å². The molecule has 3 aliphatic rings. The van der Waals surface area contributed by atoms with Gasteiger partial charge in [0, 0.05) is 18.4 Å². The van der Waals surface area contributed by atoms with Crippen LogP contribution in [0.25, 0.3) is 22.3 Å². The number of fused-ring (bicyclic) bond motifs is 4. The normalized spacial score (nSPS) is 35.4. The van der Waals surface area contributed by atoms with Gasteiger partial charge in [0.05, 0.1) is 32.0 Å². The maximum atomic E-state index is 13.1. The van der Waals surface area contributed by atoms with E-state index < -0.39 is 64.3 Å². The molecule has 1 saturated carbocycles. The van der Waals surface area contributed by atoms with Gasteiger partial charge in [-0.25, -0.2) is 29.1 Å². The van der Waals surface area contributed by atoms with Crippen LogP contribution >= 0.6 is 15.6 Å². The van der Waals surface area contributed by atoms with Crippen molar-refractivity contribution in [3.8, 4) is 0 Å². The first-order valence-corrected chi connectivity index (χ1v) is 16.1. The number of phosphoric ester groups is 2. The molecule has 0 aromatic carbocycles. The number of nitrogens with zero attached hydrogens (tertiary/aromatic N) is 7. The number of aromatic nitrogens is 8. The number of phosphoric acid groups is 2. The van der Waals surface area contributed by atoms with E-state index in [0.717, 1.165) is 0 Å². The number of nitrogens with one attached hydrogen (secondary N) is 1. The van der Waals surface area contributed by atoms with Crippen molar-refractivity contribution in [2.75, 3.05) is 24.7 Å². The number of ether oxygens (including phenoxy) is 1. The van der Waals surface area contributed by atoms with Gasteiger partial charge in [-0.05, 0) is 12.8 Å². The second-order valence-corrected chi connectivity index (χ2v) is 13.2. The molecule has 2 saturated heterocycles. The Morgan fingerprint density at radius 3 is 2.40 bits per heavy atom. The van der Waals surface area contributed by atoms with Gasteiger partial charge < -0.3 is 30.6 Å². The van der Waals surface area contributed by atoms with Crippen LogP contribution in [0, 0.1) is 5.92 Å². The summed E-state index contributed by atoms with van der Waals surface area (Å²) in [7, 11) is -9.34. The third kappa shape index (κ3) is 5.34. The Hall–Kier alpha value is -3.32. The van der Waals surface area contributed by atoms with E-state index in [1.807, 2.05) is 0 Å². The average molecular weight is 640 g/mol. The number of anilines is 2. The van der Waals surface area contributed by atoms with Gasteiger partial charge in [0.25, 0.3) is 5.56 Å². The molecular weight excluding hydrogens is 614 g/mol. The van der Waals surface area contributed by atoms with Gasteiger partial charge >= 0.3 is 15.6 Å². The third-order valence-electron chi connectivity index (χ3n) is 7.72. The number of imidazole rings is 2. The molecule has 2 aliphatic heterocycles. The minimum absolute atomic E-state index is 0.0188. The molecule has 0 spiro atoms. The number of H-pyrrole nitrogens is 1. The standard InChI is InChI=1S/C21H26N10O10P2/c22-17-15-18(25-6-24-17)31(8-26-15)14-3-12-13(39-14)5-38-43(35,36)40-11-2-10(1-9(11)4-37-42(33,34)41-12)30-7-27-16-19(30)28-21(23)29-20(16)32/h6-14H,1-5H2,(H,33,34)(H,35,36)(H2,22,24,25)(H3,23,28,29,32)/t9-,10-,11?,12?,13-,14-/m1/s1. The summed E-state index contributed by atoms with van der Waals surface area (Å²) in [6.07, 6.45) is 0.572. The van der Waals surface area contributed by atoms with Crippen LogP contribution in [-0.4, -0.2) is 80.4 Å². The van der Waals surface area contributed by atoms with Gasteiger partial charge in [0.2, 0.25) is 5.95 Å². The summed E-state index contributed by atoms with van der Waals surface area (Å²) in [5.74, 6) is -0.605. The van der Waals surface area contributed by atoms with Gasteiger partial charge in [0.15, 0.2) is 22.6 Å². The monoisotopic (exact) mass is 640 g/mol. The van der Waals surface area contributed by atoms with Crippen LogP contribution in [0.15, 0.2) is 23.8 Å². The highest BCUT2D eigenvalue weighted by atomic mass is 31.2. The Morgan fingerprint density at radius 1 is 0.860 bits per heavy atom. The molecule has 4 unspecified atom stereocenters. The number of hydrogen-bond acceptors (Lipinski definition) is 15. The molecule has 0 bridgehead atoms. The fourth-order valence-electron chi connectivity index (χ4n) is 5.77. The van der Waals surface area contributed by atoms with Crippen molar-refractivity contribution in [1.82, 2.24) is 39.0 Å². The summed E-state index contributed by atoms with van der Waals surface area (Å²) >= 11 is 0. The Bertz CT molecular complexity index is 1860. The lowest BCUT2D eigenvalue weighted by Gasteiger charge is -2.27. The zero-order chi connectivity index (χ0) is 30.1. The maximum Gasteiger partial charge on any atom is 0.472 e. The molecule has 0 radical (unpaired) electrons. The van der Waals surface area contributed by atoms with Crippen LogP contribution < -0.4 is 17.0 Å². The number of nitrogen functional groups attached to an aromatic ring is 2. The summed E-state index contributed by atoms with van der Waals surface area (Å²) in [6, 6.07) is -0.437. The fourth-order valence-corrected chi connectivity index (χ4v) is 7.77. The molecular formula is C21H26N10O10P2. The summed E-state index contributed by atoms with van der Waals surface area (Å²) in [4.78, 5) is 56.4. The summed E-state index contributed by atoms with van der Waals surface area (Å²) < 4.78 is 57.0. The molecule has 3 fully saturated rings. The minimum Gasteiger partial charge on any atom is -0.382 e. The number of hydrogen-bond donors (Lipinski definition) is 5. The molecule has 1 aliphatic carbocycles. The predicted octanol–water partition coefficient (Wildman–Crippen LogP) is 0.380. The molecule has 22 heteroatoms. The van der Waals surface area contributed by atoms with Crippen LogP contribution in [0.1, 0.15) is 31.5 Å². The van der Waals surface area contributed by atoms with E-state index in [2.05, 4.69) is 29.9 Å². The van der Waals surface area contributed by atoms with Crippen molar-refractivity contribution in [3.05, 3.63) is 29.3 Å². The minimum atomic E-state index is -4.68. The van der Waals surface area contributed by atoms with Crippen molar-refractivity contribution < 1.29 is 41.7 Å². The van der Waals surface area contributed by atoms with Crippen LogP contribution in [0.5, 0.6) is 0 Å². The highest BCUT2D eigenvalue weighted by molar-refractivity contribution is 7.47. The van der Waals surface area contributed by atoms with E-state index in [-0.39, 0.29) is 48.8 Å². The molecule has 43 heavy (non-hydrogen) atoms. The molecule has 6 heterocycles. The Morgan fingerprint density at radius 2 is 1.58 bits per heavy atom. The van der Waals surface area contributed by atoms with Crippen molar-refractivity contribution in [2.24, 2.45) is 5.92 Å². The Labute approximate surface area is 240 Å². The van der Waals surface area contributed by atoms with E-state index in [1.165, 1.54) is 19.0 Å². The van der Waals surface area contributed by atoms with E-state index >= 15 is 0 Å². The van der Waals surface area contributed by atoms with Crippen LogP contribution in [0.2, 0.25) is 0 Å². The molecule has 4 aromatic rings. The van der Waals surface area contributed by atoms with Gasteiger partial charge in [0.1, 0.15) is 30.3 Å². The van der Waals surface area contributed by atoms with Crippen molar-refractivity contribution >= 4 is 49.7 Å². The topological polar surface area (TPSA) is 280 Å². The van der Waals surface area contributed by atoms with Gasteiger partial charge in [-0.15, -0.1) is 0 Å².